The molecule has 8 nitrogen and oxygen atoms in total. The maximum atomic E-state index is 14.2. The molecular formula is C31H39N3O5. The lowest BCUT2D eigenvalue weighted by atomic mass is 9.87. The van der Waals surface area contributed by atoms with E-state index in [1.807, 2.05) is 13.8 Å². The zero-order chi connectivity index (χ0) is 28.7. The molecule has 1 aliphatic rings. The van der Waals surface area contributed by atoms with Gasteiger partial charge in [-0.15, -0.1) is 6.42 Å². The zero-order valence-electron chi connectivity index (χ0n) is 23.6. The summed E-state index contributed by atoms with van der Waals surface area (Å²) in [6.07, 6.45) is 7.35. The van der Waals surface area contributed by atoms with Gasteiger partial charge < -0.3 is 25.0 Å². The first kappa shape index (κ1) is 29.6. The van der Waals surface area contributed by atoms with Crippen LogP contribution in [0.1, 0.15) is 71.0 Å². The van der Waals surface area contributed by atoms with Gasteiger partial charge >= 0.3 is 6.09 Å². The van der Waals surface area contributed by atoms with Gasteiger partial charge in [-0.25, -0.2) is 4.79 Å². The molecule has 3 amide bonds. The Labute approximate surface area is 231 Å². The first-order valence-corrected chi connectivity index (χ1v) is 13.3. The summed E-state index contributed by atoms with van der Waals surface area (Å²) in [5.74, 6) is 2.30. The number of terminal acetylenes is 1. The van der Waals surface area contributed by atoms with Gasteiger partial charge in [-0.1, -0.05) is 31.9 Å². The Morgan fingerprint density at radius 1 is 1.03 bits per heavy atom. The van der Waals surface area contributed by atoms with Crippen LogP contribution in [0.3, 0.4) is 0 Å². The normalized spacial score (nSPS) is 14.8. The van der Waals surface area contributed by atoms with Gasteiger partial charge in [0, 0.05) is 17.3 Å². The van der Waals surface area contributed by atoms with E-state index in [1.165, 1.54) is 0 Å². The molecule has 1 aliphatic carbocycles. The predicted octanol–water partition coefficient (Wildman–Crippen LogP) is 5.29. The number of carbonyl (C=O) groups excluding carboxylic acids is 3. The minimum atomic E-state index is -0.946. The zero-order valence-corrected chi connectivity index (χ0v) is 23.6. The van der Waals surface area contributed by atoms with Crippen LogP contribution in [0.5, 0.6) is 5.75 Å². The van der Waals surface area contributed by atoms with Gasteiger partial charge in [0.25, 0.3) is 5.91 Å². The maximum absolute atomic E-state index is 14.2. The van der Waals surface area contributed by atoms with Crippen molar-refractivity contribution >= 4 is 23.6 Å². The first-order valence-electron chi connectivity index (χ1n) is 13.3. The van der Waals surface area contributed by atoms with Gasteiger partial charge in [0.1, 0.15) is 23.4 Å². The van der Waals surface area contributed by atoms with Gasteiger partial charge in [0.2, 0.25) is 5.91 Å². The molecule has 8 heteroatoms. The van der Waals surface area contributed by atoms with E-state index in [2.05, 4.69) is 16.6 Å². The fraction of sp³-hybridized carbons (Fsp3) is 0.452. The Kier molecular flexibility index (Phi) is 9.63. The molecule has 0 aromatic heterocycles. The van der Waals surface area contributed by atoms with Crippen LogP contribution in [0.25, 0.3) is 0 Å². The Morgan fingerprint density at radius 3 is 2.10 bits per heavy atom. The third-order valence-corrected chi connectivity index (χ3v) is 6.60. The van der Waals surface area contributed by atoms with Crippen molar-refractivity contribution in [3.63, 3.8) is 0 Å². The predicted molar refractivity (Wildman–Crippen MR) is 151 cm³/mol. The van der Waals surface area contributed by atoms with Crippen molar-refractivity contribution in [2.45, 2.75) is 77.6 Å². The summed E-state index contributed by atoms with van der Waals surface area (Å²) in [4.78, 5) is 42.5. The molecule has 2 aromatic rings. The van der Waals surface area contributed by atoms with Gasteiger partial charge in [-0.05, 0) is 87.9 Å². The molecule has 2 N–H and O–H groups in total. The lowest BCUT2D eigenvalue weighted by Crippen LogP contribution is -2.58. The first-order chi connectivity index (χ1) is 18.4. The average Bonchev–Trinajstić information content (AvgIpc) is 2.85. The van der Waals surface area contributed by atoms with Crippen molar-refractivity contribution in [2.24, 2.45) is 5.92 Å². The van der Waals surface area contributed by atoms with E-state index >= 15 is 0 Å². The van der Waals surface area contributed by atoms with E-state index in [4.69, 9.17) is 15.9 Å². The highest BCUT2D eigenvalue weighted by Crippen LogP contribution is 2.35. The highest BCUT2D eigenvalue weighted by Gasteiger charge is 2.42. The minimum absolute atomic E-state index is 0.155. The van der Waals surface area contributed by atoms with Crippen molar-refractivity contribution in [1.82, 2.24) is 10.2 Å². The number of nitrogens with zero attached hydrogens (tertiary/aromatic N) is 1. The number of ether oxygens (including phenoxy) is 2. The van der Waals surface area contributed by atoms with E-state index in [1.54, 1.807) is 81.3 Å². The number of anilines is 1. The van der Waals surface area contributed by atoms with Crippen LogP contribution >= 0.6 is 0 Å². The van der Waals surface area contributed by atoms with Crippen molar-refractivity contribution in [3.05, 3.63) is 59.7 Å². The van der Waals surface area contributed by atoms with Gasteiger partial charge in [0.05, 0.1) is 7.11 Å². The number of amides is 3. The number of hydrogen-bond acceptors (Lipinski definition) is 5. The smallest absolute Gasteiger partial charge is 0.408 e. The largest absolute Gasteiger partial charge is 0.497 e. The van der Waals surface area contributed by atoms with E-state index < -0.39 is 23.8 Å². The fourth-order valence-electron chi connectivity index (χ4n) is 4.38. The molecule has 0 spiro atoms. The summed E-state index contributed by atoms with van der Waals surface area (Å²) in [5, 5.41) is 5.72. The summed E-state index contributed by atoms with van der Waals surface area (Å²) in [6, 6.07) is 12.1. The second kappa shape index (κ2) is 12.7. The molecule has 39 heavy (non-hydrogen) atoms. The summed E-state index contributed by atoms with van der Waals surface area (Å²) < 4.78 is 10.7. The summed E-state index contributed by atoms with van der Waals surface area (Å²) >= 11 is 0. The number of carbonyl (C=O) groups is 3. The molecule has 2 aromatic carbocycles. The summed E-state index contributed by atoms with van der Waals surface area (Å²) in [7, 11) is 1.57. The molecular weight excluding hydrogens is 494 g/mol. The third kappa shape index (κ3) is 7.76. The molecule has 1 saturated carbocycles. The standard InChI is InChI=1S/C31H39N3O5/c1-8-21-12-14-22(15-13-21)27(28(35)32-23-16-18-25(38-7)19-17-23)34(24-10-9-11-24)29(36)26(20(2)3)33-30(37)39-31(4,5)6/h1,12-20,24,26-27H,9-11H2,2-7H3,(H,32,35)(H,33,37). The van der Waals surface area contributed by atoms with E-state index in [9.17, 15) is 14.4 Å². The summed E-state index contributed by atoms with van der Waals surface area (Å²) in [6.45, 7) is 9.00. The quantitative estimate of drug-likeness (QED) is 0.427. The molecule has 2 atom stereocenters. The Morgan fingerprint density at radius 2 is 1.64 bits per heavy atom. The highest BCUT2D eigenvalue weighted by molar-refractivity contribution is 5.99. The lowest BCUT2D eigenvalue weighted by molar-refractivity contribution is -0.146. The number of rotatable bonds is 9. The van der Waals surface area contributed by atoms with E-state index in [-0.39, 0.29) is 23.8 Å². The maximum Gasteiger partial charge on any atom is 0.408 e. The second-order valence-corrected chi connectivity index (χ2v) is 11.1. The average molecular weight is 534 g/mol. The monoisotopic (exact) mass is 533 g/mol. The molecule has 0 bridgehead atoms. The topological polar surface area (TPSA) is 97.0 Å². The SMILES string of the molecule is C#Cc1ccc(C(C(=O)Nc2ccc(OC)cc2)N(C(=O)C(NC(=O)OC(C)(C)C)C(C)C)C2CCC2)cc1. The Balaban J connectivity index is 2.01. The second-order valence-electron chi connectivity index (χ2n) is 11.1. The van der Waals surface area contributed by atoms with Gasteiger partial charge in [-0.2, -0.15) is 0 Å². The molecule has 1 fully saturated rings. The van der Waals surface area contributed by atoms with Gasteiger partial charge in [0.15, 0.2) is 0 Å². The molecule has 3 rings (SSSR count). The van der Waals surface area contributed by atoms with Crippen LogP contribution in [0.4, 0.5) is 10.5 Å². The minimum Gasteiger partial charge on any atom is -0.497 e. The van der Waals surface area contributed by atoms with Crippen molar-refractivity contribution in [1.29, 1.82) is 0 Å². The van der Waals surface area contributed by atoms with Crippen molar-refractivity contribution in [2.75, 3.05) is 12.4 Å². The molecule has 208 valence electrons. The number of alkyl carbamates (subject to hydrolysis) is 1. The third-order valence-electron chi connectivity index (χ3n) is 6.60. The fourth-order valence-corrected chi connectivity index (χ4v) is 4.38. The molecule has 0 aliphatic heterocycles. The van der Waals surface area contributed by atoms with Gasteiger partial charge in [-0.3, -0.25) is 9.59 Å². The van der Waals surface area contributed by atoms with Crippen molar-refractivity contribution < 1.29 is 23.9 Å². The molecule has 0 heterocycles. The van der Waals surface area contributed by atoms with Crippen LogP contribution < -0.4 is 15.4 Å². The van der Waals surface area contributed by atoms with Crippen LogP contribution in [0.15, 0.2) is 48.5 Å². The molecule has 0 saturated heterocycles. The number of benzene rings is 2. The van der Waals surface area contributed by atoms with Crippen molar-refractivity contribution in [3.8, 4) is 18.1 Å². The molecule has 2 unspecified atom stereocenters. The van der Waals surface area contributed by atoms with Crippen LogP contribution in [-0.4, -0.2) is 47.6 Å². The lowest BCUT2D eigenvalue weighted by Gasteiger charge is -2.44. The summed E-state index contributed by atoms with van der Waals surface area (Å²) in [5.41, 5.74) is 1.14. The number of hydrogen-bond donors (Lipinski definition) is 2. The Hall–Kier alpha value is -3.99. The highest BCUT2D eigenvalue weighted by atomic mass is 16.6. The Bertz CT molecular complexity index is 1190. The number of methoxy groups -OCH3 is 1. The van der Waals surface area contributed by atoms with Crippen LogP contribution in [-0.2, 0) is 14.3 Å². The van der Waals surface area contributed by atoms with E-state index in [0.717, 1.165) is 19.3 Å². The molecule has 0 radical (unpaired) electrons. The number of nitrogens with one attached hydrogen (secondary N) is 2. The van der Waals surface area contributed by atoms with Crippen LogP contribution in [0.2, 0.25) is 0 Å². The van der Waals surface area contributed by atoms with Crippen LogP contribution in [0, 0.1) is 18.3 Å². The van der Waals surface area contributed by atoms with E-state index in [0.29, 0.717) is 22.6 Å².